The van der Waals surface area contributed by atoms with Gasteiger partial charge in [0.05, 0.1) is 19.3 Å². The van der Waals surface area contributed by atoms with Gasteiger partial charge in [0.1, 0.15) is 6.61 Å². The molecule has 0 heterocycles. The second kappa shape index (κ2) is 7.84. The number of methoxy groups -OCH3 is 1. The summed E-state index contributed by atoms with van der Waals surface area (Å²) in [4.78, 5) is 11.6. The number of carbonyl (C=O) groups excluding carboxylic acids is 1. The van der Waals surface area contributed by atoms with E-state index in [1.54, 1.807) is 7.11 Å². The van der Waals surface area contributed by atoms with E-state index < -0.39 is 0 Å². The Hall–Kier alpha value is -1.39. The number of nitrogens with one attached hydrogen (secondary N) is 1. The number of aryl methyl sites for hydroxylation is 1. The van der Waals surface area contributed by atoms with Crippen molar-refractivity contribution in [1.82, 2.24) is 5.32 Å². The first kappa shape index (κ1) is 14.7. The van der Waals surface area contributed by atoms with E-state index >= 15 is 0 Å². The molecule has 100 valence electrons. The number of hydrogen-bond acceptors (Lipinski definition) is 3. The van der Waals surface area contributed by atoms with Gasteiger partial charge < -0.3 is 14.8 Å². The topological polar surface area (TPSA) is 47.6 Å². The molecule has 1 unspecified atom stereocenters. The van der Waals surface area contributed by atoms with Crippen LogP contribution in [0.15, 0.2) is 24.3 Å². The minimum atomic E-state index is -0.109. The molecule has 1 aromatic rings. The standard InChI is InChI=1S/C14H21NO3/c1-11-6-4-5-7-13(11)12(2)15-14(16)10-18-9-8-17-3/h4-7,12H,8-10H2,1-3H3,(H,15,16). The summed E-state index contributed by atoms with van der Waals surface area (Å²) in [6.07, 6.45) is 0. The van der Waals surface area contributed by atoms with Crippen LogP contribution in [0.2, 0.25) is 0 Å². The van der Waals surface area contributed by atoms with Crippen LogP contribution in [0.5, 0.6) is 0 Å². The van der Waals surface area contributed by atoms with Crippen molar-refractivity contribution in [1.29, 1.82) is 0 Å². The zero-order valence-electron chi connectivity index (χ0n) is 11.2. The van der Waals surface area contributed by atoms with Crippen LogP contribution in [-0.2, 0) is 14.3 Å². The molecule has 1 amide bonds. The van der Waals surface area contributed by atoms with Crippen LogP contribution < -0.4 is 5.32 Å². The first-order valence-electron chi connectivity index (χ1n) is 6.06. The lowest BCUT2D eigenvalue weighted by Gasteiger charge is -2.16. The van der Waals surface area contributed by atoms with E-state index in [0.717, 1.165) is 5.56 Å². The van der Waals surface area contributed by atoms with E-state index in [4.69, 9.17) is 9.47 Å². The molecule has 0 aliphatic rings. The van der Waals surface area contributed by atoms with E-state index in [2.05, 4.69) is 5.32 Å². The molecule has 0 aliphatic heterocycles. The summed E-state index contributed by atoms with van der Waals surface area (Å²) in [6.45, 7) is 5.01. The summed E-state index contributed by atoms with van der Waals surface area (Å²) in [6, 6.07) is 8.00. The van der Waals surface area contributed by atoms with E-state index in [0.29, 0.717) is 13.2 Å². The first-order chi connectivity index (χ1) is 8.65. The maximum absolute atomic E-state index is 11.6. The maximum atomic E-state index is 11.6. The monoisotopic (exact) mass is 251 g/mol. The fourth-order valence-electron chi connectivity index (χ4n) is 1.74. The summed E-state index contributed by atoms with van der Waals surface area (Å²) < 4.78 is 10.00. The van der Waals surface area contributed by atoms with Crippen molar-refractivity contribution in [2.45, 2.75) is 19.9 Å². The van der Waals surface area contributed by atoms with E-state index in [-0.39, 0.29) is 18.6 Å². The number of carbonyl (C=O) groups is 1. The molecule has 0 bridgehead atoms. The van der Waals surface area contributed by atoms with Crippen molar-refractivity contribution in [2.75, 3.05) is 26.9 Å². The zero-order chi connectivity index (χ0) is 13.4. The van der Waals surface area contributed by atoms with Gasteiger partial charge in [-0.05, 0) is 25.0 Å². The van der Waals surface area contributed by atoms with Crippen LogP contribution in [0.25, 0.3) is 0 Å². The quantitative estimate of drug-likeness (QED) is 0.752. The predicted molar refractivity (Wildman–Crippen MR) is 70.4 cm³/mol. The van der Waals surface area contributed by atoms with Crippen molar-refractivity contribution in [2.24, 2.45) is 0 Å². The van der Waals surface area contributed by atoms with Gasteiger partial charge in [0.2, 0.25) is 5.91 Å². The molecular weight excluding hydrogens is 230 g/mol. The third kappa shape index (κ3) is 4.85. The zero-order valence-corrected chi connectivity index (χ0v) is 11.2. The van der Waals surface area contributed by atoms with E-state index in [9.17, 15) is 4.79 Å². The lowest BCUT2D eigenvalue weighted by atomic mass is 10.0. The lowest BCUT2D eigenvalue weighted by Crippen LogP contribution is -2.30. The molecule has 0 fully saturated rings. The molecule has 4 nitrogen and oxygen atoms in total. The van der Waals surface area contributed by atoms with Crippen LogP contribution in [0.4, 0.5) is 0 Å². The van der Waals surface area contributed by atoms with Gasteiger partial charge in [-0.25, -0.2) is 0 Å². The van der Waals surface area contributed by atoms with Gasteiger partial charge in [0, 0.05) is 7.11 Å². The Morgan fingerprint density at radius 1 is 1.33 bits per heavy atom. The smallest absolute Gasteiger partial charge is 0.246 e. The minimum absolute atomic E-state index is 0.00951. The van der Waals surface area contributed by atoms with Gasteiger partial charge in [0.15, 0.2) is 0 Å². The van der Waals surface area contributed by atoms with Crippen molar-refractivity contribution < 1.29 is 14.3 Å². The maximum Gasteiger partial charge on any atom is 0.246 e. The summed E-state index contributed by atoms with van der Waals surface area (Å²) in [7, 11) is 1.60. The summed E-state index contributed by atoms with van der Waals surface area (Å²) in [5, 5.41) is 2.91. The third-order valence-electron chi connectivity index (χ3n) is 2.70. The van der Waals surface area contributed by atoms with Crippen molar-refractivity contribution in [3.8, 4) is 0 Å². The Morgan fingerprint density at radius 3 is 2.72 bits per heavy atom. The molecule has 0 saturated heterocycles. The molecule has 1 N–H and O–H groups in total. The second-order valence-electron chi connectivity index (χ2n) is 4.19. The Morgan fingerprint density at radius 2 is 2.06 bits per heavy atom. The third-order valence-corrected chi connectivity index (χ3v) is 2.70. The minimum Gasteiger partial charge on any atom is -0.382 e. The highest BCUT2D eigenvalue weighted by Gasteiger charge is 2.10. The summed E-state index contributed by atoms with van der Waals surface area (Å²) in [5.41, 5.74) is 2.30. The first-order valence-corrected chi connectivity index (χ1v) is 6.06. The lowest BCUT2D eigenvalue weighted by molar-refractivity contribution is -0.126. The van der Waals surface area contributed by atoms with Gasteiger partial charge in [-0.15, -0.1) is 0 Å². The highest BCUT2D eigenvalue weighted by Crippen LogP contribution is 2.16. The molecule has 1 aromatic carbocycles. The average molecular weight is 251 g/mol. The number of amides is 1. The number of benzene rings is 1. The normalized spacial score (nSPS) is 12.2. The SMILES string of the molecule is COCCOCC(=O)NC(C)c1ccccc1C. The molecule has 4 heteroatoms. The van der Waals surface area contributed by atoms with E-state index in [1.807, 2.05) is 38.1 Å². The van der Waals surface area contributed by atoms with Crippen LogP contribution >= 0.6 is 0 Å². The largest absolute Gasteiger partial charge is 0.382 e. The van der Waals surface area contributed by atoms with Crippen LogP contribution in [0.1, 0.15) is 24.1 Å². The number of hydrogen-bond donors (Lipinski definition) is 1. The fraction of sp³-hybridized carbons (Fsp3) is 0.500. The molecule has 1 atom stereocenters. The second-order valence-corrected chi connectivity index (χ2v) is 4.19. The molecule has 0 spiro atoms. The van der Waals surface area contributed by atoms with Gasteiger partial charge in [-0.1, -0.05) is 24.3 Å². The Kier molecular flexibility index (Phi) is 6.39. The Bertz CT molecular complexity index is 379. The van der Waals surface area contributed by atoms with Crippen LogP contribution in [0.3, 0.4) is 0 Å². The van der Waals surface area contributed by atoms with E-state index in [1.165, 1.54) is 5.56 Å². The number of ether oxygens (including phenoxy) is 2. The van der Waals surface area contributed by atoms with Gasteiger partial charge in [-0.2, -0.15) is 0 Å². The molecule has 0 saturated carbocycles. The van der Waals surface area contributed by atoms with Crippen molar-refractivity contribution in [3.63, 3.8) is 0 Å². The van der Waals surface area contributed by atoms with Gasteiger partial charge in [0.25, 0.3) is 0 Å². The predicted octanol–water partition coefficient (Wildman–Crippen LogP) is 1.84. The molecular formula is C14H21NO3. The molecule has 0 aliphatic carbocycles. The molecule has 0 radical (unpaired) electrons. The molecule has 1 rings (SSSR count). The van der Waals surface area contributed by atoms with Crippen molar-refractivity contribution >= 4 is 5.91 Å². The van der Waals surface area contributed by atoms with Crippen LogP contribution in [0, 0.1) is 6.92 Å². The highest BCUT2D eigenvalue weighted by molar-refractivity contribution is 5.77. The van der Waals surface area contributed by atoms with Gasteiger partial charge in [-0.3, -0.25) is 4.79 Å². The molecule has 18 heavy (non-hydrogen) atoms. The average Bonchev–Trinajstić information content (AvgIpc) is 2.35. The Balaban J connectivity index is 2.38. The summed E-state index contributed by atoms with van der Waals surface area (Å²) in [5.74, 6) is -0.109. The fourth-order valence-corrected chi connectivity index (χ4v) is 1.74. The highest BCUT2D eigenvalue weighted by atomic mass is 16.5. The van der Waals surface area contributed by atoms with Crippen LogP contribution in [-0.4, -0.2) is 32.8 Å². The van der Waals surface area contributed by atoms with Crippen molar-refractivity contribution in [3.05, 3.63) is 35.4 Å². The number of rotatable bonds is 7. The summed E-state index contributed by atoms with van der Waals surface area (Å²) >= 11 is 0. The Labute approximate surface area is 108 Å². The molecule has 0 aromatic heterocycles. The van der Waals surface area contributed by atoms with Gasteiger partial charge >= 0.3 is 0 Å².